The van der Waals surface area contributed by atoms with Gasteiger partial charge in [0, 0.05) is 14.7 Å². The SMILES string of the molecule is [N-]=[N+]=NC1=NC(N=[N+]=[N-])(N=[N+]=[N-])N(N=[N+]=[N-])C(N=Nc2ncncn2)=N1. The van der Waals surface area contributed by atoms with Gasteiger partial charge in [-0.1, -0.05) is 5.11 Å². The molecule has 1 aliphatic rings. The van der Waals surface area contributed by atoms with E-state index in [1.165, 1.54) is 0 Å². The Morgan fingerprint density at radius 2 is 1.62 bits per heavy atom. The van der Waals surface area contributed by atoms with Gasteiger partial charge in [0.2, 0.25) is 5.96 Å². The number of nitrogens with zero attached hydrogens (tertiary/aromatic N) is 20. The van der Waals surface area contributed by atoms with Crippen LogP contribution in [-0.4, -0.2) is 37.8 Å². The lowest BCUT2D eigenvalue weighted by Crippen LogP contribution is -2.46. The van der Waals surface area contributed by atoms with Crippen molar-refractivity contribution in [2.24, 2.45) is 40.8 Å². The lowest BCUT2D eigenvalue weighted by Gasteiger charge is -2.26. The lowest BCUT2D eigenvalue weighted by atomic mass is 10.5. The third-order valence-corrected chi connectivity index (χ3v) is 2.25. The minimum Gasteiger partial charge on any atom is -0.225 e. The van der Waals surface area contributed by atoms with Gasteiger partial charge in [-0.2, -0.15) is 19.9 Å². The van der Waals surface area contributed by atoms with E-state index in [0.29, 0.717) is 5.01 Å². The van der Waals surface area contributed by atoms with Crippen LogP contribution in [0.5, 0.6) is 0 Å². The van der Waals surface area contributed by atoms with Gasteiger partial charge in [0.15, 0.2) is 0 Å². The van der Waals surface area contributed by atoms with Crippen molar-refractivity contribution in [3.63, 3.8) is 0 Å². The number of hydrogen-bond acceptors (Lipinski definition) is 11. The highest BCUT2D eigenvalue weighted by Crippen LogP contribution is 2.28. The monoisotopic (exact) mass is 354 g/mol. The van der Waals surface area contributed by atoms with Gasteiger partial charge in [0.25, 0.3) is 5.95 Å². The Morgan fingerprint density at radius 3 is 2.19 bits per heavy atom. The quantitative estimate of drug-likeness (QED) is 0.447. The molecule has 0 spiro atoms. The van der Waals surface area contributed by atoms with Crippen molar-refractivity contribution < 1.29 is 0 Å². The third-order valence-electron chi connectivity index (χ3n) is 2.25. The van der Waals surface area contributed by atoms with Gasteiger partial charge in [-0.25, -0.2) is 9.98 Å². The molecule has 0 saturated heterocycles. The maximum absolute atomic E-state index is 8.73. The number of guanidine groups is 2. The Kier molecular flexibility index (Phi) is 5.35. The Hall–Kier alpha value is -5.01. The molecule has 126 valence electrons. The Labute approximate surface area is 140 Å². The fraction of sp³-hybridized carbons (Fsp3) is 0.167. The molecule has 26 heavy (non-hydrogen) atoms. The van der Waals surface area contributed by atoms with Crippen molar-refractivity contribution in [3.05, 3.63) is 54.4 Å². The topological polar surface area (TPSA) is 286 Å². The molecule has 1 aliphatic heterocycles. The average Bonchev–Trinajstić information content (AvgIpc) is 2.64. The van der Waals surface area contributed by atoms with Crippen molar-refractivity contribution in [2.75, 3.05) is 0 Å². The van der Waals surface area contributed by atoms with Crippen molar-refractivity contribution in [3.8, 4) is 0 Å². The zero-order valence-electron chi connectivity index (χ0n) is 12.1. The van der Waals surface area contributed by atoms with Crippen molar-refractivity contribution in [1.82, 2.24) is 20.0 Å². The molecule has 0 radical (unpaired) electrons. The van der Waals surface area contributed by atoms with Crippen LogP contribution in [0, 0.1) is 0 Å². The van der Waals surface area contributed by atoms with Gasteiger partial charge in [-0.15, -0.1) is 15.7 Å². The fourth-order valence-electron chi connectivity index (χ4n) is 1.41. The summed E-state index contributed by atoms with van der Waals surface area (Å²) in [5.41, 5.74) is 34.7. The Morgan fingerprint density at radius 1 is 0.923 bits per heavy atom. The predicted octanol–water partition coefficient (Wildman–Crippen LogP) is 2.75. The van der Waals surface area contributed by atoms with E-state index in [9.17, 15) is 0 Å². The van der Waals surface area contributed by atoms with Crippen LogP contribution in [0.4, 0.5) is 5.95 Å². The van der Waals surface area contributed by atoms with Crippen LogP contribution in [0.3, 0.4) is 0 Å². The van der Waals surface area contributed by atoms with E-state index in [4.69, 9.17) is 22.1 Å². The van der Waals surface area contributed by atoms with Crippen LogP contribution in [0.25, 0.3) is 41.8 Å². The minimum absolute atomic E-state index is 0.158. The molecule has 20 heteroatoms. The van der Waals surface area contributed by atoms with Crippen LogP contribution in [0.15, 0.2) is 53.4 Å². The van der Waals surface area contributed by atoms with Crippen LogP contribution in [-0.2, 0) is 0 Å². The number of hydrogen-bond donors (Lipinski definition) is 0. The maximum atomic E-state index is 8.73. The van der Waals surface area contributed by atoms with Crippen molar-refractivity contribution >= 4 is 17.9 Å². The van der Waals surface area contributed by atoms with Gasteiger partial charge in [0.1, 0.15) is 12.7 Å². The van der Waals surface area contributed by atoms with E-state index in [1.807, 2.05) is 0 Å². The first kappa shape index (κ1) is 17.3. The molecule has 0 unspecified atom stereocenters. The number of azide groups is 3. The highest BCUT2D eigenvalue weighted by Gasteiger charge is 2.46. The molecule has 0 saturated carbocycles. The summed E-state index contributed by atoms with van der Waals surface area (Å²) in [6.07, 6.45) is 2.26. The van der Waals surface area contributed by atoms with E-state index in [-0.39, 0.29) is 5.95 Å². The smallest absolute Gasteiger partial charge is 0.225 e. The van der Waals surface area contributed by atoms with Crippen LogP contribution in [0.2, 0.25) is 0 Å². The number of rotatable bonds is 4. The average molecular weight is 354 g/mol. The molecule has 2 heterocycles. The third kappa shape index (κ3) is 3.66. The van der Waals surface area contributed by atoms with Gasteiger partial charge in [-0.3, -0.25) is 0 Å². The molecule has 0 N–H and O–H groups in total. The number of aromatic nitrogens is 3. The Bertz CT molecular complexity index is 939. The fourth-order valence-corrected chi connectivity index (χ4v) is 1.41. The molecule has 1 aromatic heterocycles. The van der Waals surface area contributed by atoms with Gasteiger partial charge < -0.3 is 0 Å². The second-order valence-electron chi connectivity index (χ2n) is 3.62. The summed E-state index contributed by atoms with van der Waals surface area (Å²) in [6, 6.07) is 0. The maximum Gasteiger partial charge on any atom is 0.370 e. The lowest BCUT2D eigenvalue weighted by molar-refractivity contribution is 0.191. The van der Waals surface area contributed by atoms with Crippen molar-refractivity contribution in [1.29, 1.82) is 0 Å². The molecule has 0 aromatic carbocycles. The van der Waals surface area contributed by atoms with Gasteiger partial charge in [-0.05, 0) is 37.2 Å². The number of aliphatic imine (C=N–C) groups is 2. The van der Waals surface area contributed by atoms with E-state index in [1.54, 1.807) is 0 Å². The zero-order valence-corrected chi connectivity index (χ0v) is 12.1. The highest BCUT2D eigenvalue weighted by molar-refractivity contribution is 5.97. The normalized spacial score (nSPS) is 18.4. The molecule has 2 rings (SSSR count). The molecular weight excluding hydrogens is 352 g/mol. The van der Waals surface area contributed by atoms with E-state index >= 15 is 0 Å². The first-order chi connectivity index (χ1) is 12.7. The molecule has 0 bridgehead atoms. The second kappa shape index (κ2) is 8.02. The largest absolute Gasteiger partial charge is 0.370 e. The summed E-state index contributed by atoms with van der Waals surface area (Å²) in [5.74, 6) is -3.94. The molecule has 1 aromatic rings. The Balaban J connectivity index is 2.66. The van der Waals surface area contributed by atoms with Crippen molar-refractivity contribution in [2.45, 2.75) is 5.91 Å². The van der Waals surface area contributed by atoms with Crippen LogP contribution < -0.4 is 0 Å². The van der Waals surface area contributed by atoms with Crippen LogP contribution >= 0.6 is 0 Å². The molecule has 0 amide bonds. The molecule has 0 fully saturated rings. The molecule has 0 aliphatic carbocycles. The standard InChI is InChI=1S/C6H2N20/c7-21-17-4-14-5(18-16-3-12-1-11-2-13-3)26(25-24-10)6(15-4,19-22-8)20-23-9/h1-2H. The van der Waals surface area contributed by atoms with Gasteiger partial charge in [0.05, 0.1) is 0 Å². The molecule has 20 nitrogen and oxygen atoms in total. The zero-order chi connectivity index (χ0) is 18.8. The molecule has 0 atom stereocenters. The highest BCUT2D eigenvalue weighted by atomic mass is 15.8. The van der Waals surface area contributed by atoms with Crippen LogP contribution in [0.1, 0.15) is 0 Å². The first-order valence-corrected chi connectivity index (χ1v) is 5.94. The molecular formula is C6H2N20. The predicted molar refractivity (Wildman–Crippen MR) is 80.4 cm³/mol. The van der Waals surface area contributed by atoms with E-state index in [0.717, 1.165) is 12.7 Å². The summed E-state index contributed by atoms with van der Waals surface area (Å²) in [4.78, 5) is 28.0. The van der Waals surface area contributed by atoms with E-state index in [2.05, 4.69) is 75.4 Å². The van der Waals surface area contributed by atoms with E-state index < -0.39 is 17.8 Å². The minimum atomic E-state index is -2.55. The number of azo groups is 1. The summed E-state index contributed by atoms with van der Waals surface area (Å²) in [5, 5.41) is 20.2. The summed E-state index contributed by atoms with van der Waals surface area (Å²) < 4.78 is 0. The first-order valence-electron chi connectivity index (χ1n) is 5.94. The summed E-state index contributed by atoms with van der Waals surface area (Å²) >= 11 is 0. The second-order valence-corrected chi connectivity index (χ2v) is 3.62. The summed E-state index contributed by atoms with van der Waals surface area (Å²) in [6.45, 7) is 0. The summed E-state index contributed by atoms with van der Waals surface area (Å²) in [7, 11) is 0. The van der Waals surface area contributed by atoms with Gasteiger partial charge >= 0.3 is 11.9 Å².